The molecule has 1 amide bonds. The summed E-state index contributed by atoms with van der Waals surface area (Å²) in [7, 11) is 0. The topological polar surface area (TPSA) is 87.1 Å². The molecular formula is C24H24ClNO5. The van der Waals surface area contributed by atoms with Crippen LogP contribution in [0.25, 0.3) is 5.76 Å². The first-order valence-corrected chi connectivity index (χ1v) is 10.8. The zero-order chi connectivity index (χ0) is 22.1. The maximum atomic E-state index is 13.1. The largest absolute Gasteiger partial charge is 0.507 e. The molecule has 0 radical (unpaired) electrons. The van der Waals surface area contributed by atoms with Crippen LogP contribution in [0.4, 0.5) is 0 Å². The van der Waals surface area contributed by atoms with Crippen LogP contribution < -0.4 is 4.74 Å². The number of benzene rings is 2. The quantitative estimate of drug-likeness (QED) is 0.395. The average Bonchev–Trinajstić information content (AvgIpc) is 3.37. The van der Waals surface area contributed by atoms with Crippen LogP contribution in [-0.4, -0.2) is 39.5 Å². The van der Waals surface area contributed by atoms with Crippen LogP contribution in [0.2, 0.25) is 5.02 Å². The molecule has 1 heterocycles. The molecule has 2 aromatic carbocycles. The minimum absolute atomic E-state index is 0.0304. The summed E-state index contributed by atoms with van der Waals surface area (Å²) in [6, 6.07) is 10.5. The van der Waals surface area contributed by atoms with Crippen LogP contribution >= 0.6 is 11.6 Å². The van der Waals surface area contributed by atoms with E-state index in [1.165, 1.54) is 6.07 Å². The lowest BCUT2D eigenvalue weighted by Gasteiger charge is -2.31. The molecule has 1 aliphatic carbocycles. The molecule has 2 aromatic rings. The van der Waals surface area contributed by atoms with E-state index in [0.717, 1.165) is 25.7 Å². The molecule has 0 bridgehead atoms. The van der Waals surface area contributed by atoms with Crippen molar-refractivity contribution in [1.82, 2.24) is 4.90 Å². The summed E-state index contributed by atoms with van der Waals surface area (Å²) < 4.78 is 5.44. The number of ketones is 1. The molecule has 1 atom stereocenters. The average molecular weight is 442 g/mol. The van der Waals surface area contributed by atoms with Gasteiger partial charge in [-0.2, -0.15) is 0 Å². The van der Waals surface area contributed by atoms with Gasteiger partial charge in [-0.05, 0) is 61.7 Å². The van der Waals surface area contributed by atoms with Crippen LogP contribution in [0.15, 0.2) is 48.0 Å². The minimum Gasteiger partial charge on any atom is -0.507 e. The van der Waals surface area contributed by atoms with Crippen molar-refractivity contribution in [2.45, 2.75) is 44.7 Å². The van der Waals surface area contributed by atoms with E-state index in [4.69, 9.17) is 16.3 Å². The van der Waals surface area contributed by atoms with E-state index in [1.54, 1.807) is 41.3 Å². The number of rotatable bonds is 5. The van der Waals surface area contributed by atoms with Crippen molar-refractivity contribution in [2.75, 3.05) is 6.61 Å². The number of nitrogens with zero attached hydrogens (tertiary/aromatic N) is 1. The predicted molar refractivity (Wildman–Crippen MR) is 117 cm³/mol. The Balaban J connectivity index is 1.84. The number of hydrogen-bond donors (Lipinski definition) is 2. The van der Waals surface area contributed by atoms with E-state index in [2.05, 4.69) is 0 Å². The normalized spacial score (nSPS) is 21.1. The number of likely N-dealkylation sites (tertiary alicyclic amines) is 1. The Kier molecular flexibility index (Phi) is 5.92. The predicted octanol–water partition coefficient (Wildman–Crippen LogP) is 4.81. The SMILES string of the molecule is CCOc1ccc(/C(O)=C2/C(=O)C(=O)N(C3CCCC3)C2c2ccc(O)c(Cl)c2)cc1. The fourth-order valence-corrected chi connectivity index (χ4v) is 4.65. The highest BCUT2D eigenvalue weighted by atomic mass is 35.5. The molecule has 2 aliphatic rings. The molecule has 162 valence electrons. The highest BCUT2D eigenvalue weighted by molar-refractivity contribution is 6.46. The summed E-state index contributed by atoms with van der Waals surface area (Å²) in [5, 5.41) is 21.1. The number of aliphatic hydroxyl groups excluding tert-OH is 1. The third-order valence-electron chi connectivity index (χ3n) is 5.92. The van der Waals surface area contributed by atoms with Crippen molar-refractivity contribution in [1.29, 1.82) is 0 Å². The van der Waals surface area contributed by atoms with Crippen LogP contribution in [-0.2, 0) is 9.59 Å². The monoisotopic (exact) mass is 441 g/mol. The molecule has 31 heavy (non-hydrogen) atoms. The summed E-state index contributed by atoms with van der Waals surface area (Å²) in [6.45, 7) is 2.39. The summed E-state index contributed by atoms with van der Waals surface area (Å²) in [5.74, 6) is -1.01. The molecular weight excluding hydrogens is 418 g/mol. The summed E-state index contributed by atoms with van der Waals surface area (Å²) in [6.07, 6.45) is 3.57. The number of aliphatic hydroxyl groups is 1. The third kappa shape index (κ3) is 3.88. The number of Topliss-reactive ketones (excluding diaryl/α,β-unsaturated/α-hetero) is 1. The zero-order valence-electron chi connectivity index (χ0n) is 17.2. The Morgan fingerprint density at radius 2 is 1.81 bits per heavy atom. The first kappa shape index (κ1) is 21.2. The number of carbonyl (C=O) groups excluding carboxylic acids is 2. The Hall–Kier alpha value is -2.99. The lowest BCUT2D eigenvalue weighted by molar-refractivity contribution is -0.141. The van der Waals surface area contributed by atoms with E-state index in [1.807, 2.05) is 6.92 Å². The molecule has 6 nitrogen and oxygen atoms in total. The first-order chi connectivity index (χ1) is 14.9. The maximum Gasteiger partial charge on any atom is 0.295 e. The number of phenols is 1. The molecule has 1 aliphatic heterocycles. The number of amides is 1. The molecule has 2 N–H and O–H groups in total. The Bertz CT molecular complexity index is 1040. The van der Waals surface area contributed by atoms with Crippen molar-refractivity contribution in [3.63, 3.8) is 0 Å². The van der Waals surface area contributed by atoms with Gasteiger partial charge in [-0.1, -0.05) is 30.5 Å². The van der Waals surface area contributed by atoms with Gasteiger partial charge in [-0.15, -0.1) is 0 Å². The van der Waals surface area contributed by atoms with Crippen LogP contribution in [0, 0.1) is 0 Å². The van der Waals surface area contributed by atoms with Gasteiger partial charge in [0, 0.05) is 11.6 Å². The smallest absolute Gasteiger partial charge is 0.295 e. The molecule has 1 unspecified atom stereocenters. The van der Waals surface area contributed by atoms with Crippen molar-refractivity contribution < 1.29 is 24.5 Å². The van der Waals surface area contributed by atoms with E-state index in [9.17, 15) is 19.8 Å². The first-order valence-electron chi connectivity index (χ1n) is 10.4. The highest BCUT2D eigenvalue weighted by Gasteiger charge is 2.49. The van der Waals surface area contributed by atoms with Crippen molar-refractivity contribution >= 4 is 29.1 Å². The molecule has 0 spiro atoms. The molecule has 7 heteroatoms. The third-order valence-corrected chi connectivity index (χ3v) is 6.23. The second-order valence-corrected chi connectivity index (χ2v) is 8.22. The maximum absolute atomic E-state index is 13.1. The van der Waals surface area contributed by atoms with E-state index in [-0.39, 0.29) is 28.1 Å². The number of ether oxygens (including phenoxy) is 1. The van der Waals surface area contributed by atoms with Gasteiger partial charge in [0.2, 0.25) is 0 Å². The highest BCUT2D eigenvalue weighted by Crippen LogP contribution is 2.44. The minimum atomic E-state index is -0.771. The summed E-state index contributed by atoms with van der Waals surface area (Å²) in [4.78, 5) is 27.7. The van der Waals surface area contributed by atoms with Crippen molar-refractivity contribution in [2.24, 2.45) is 0 Å². The Labute approximate surface area is 185 Å². The molecule has 4 rings (SSSR count). The number of phenolic OH excluding ortho intramolecular Hbond substituents is 1. The van der Waals surface area contributed by atoms with Crippen LogP contribution in [0.5, 0.6) is 11.5 Å². The van der Waals surface area contributed by atoms with Gasteiger partial charge < -0.3 is 19.8 Å². The lowest BCUT2D eigenvalue weighted by atomic mass is 9.94. The van der Waals surface area contributed by atoms with Gasteiger partial charge in [-0.3, -0.25) is 9.59 Å². The Morgan fingerprint density at radius 1 is 1.13 bits per heavy atom. The van der Waals surface area contributed by atoms with Crippen LogP contribution in [0.1, 0.15) is 49.8 Å². The van der Waals surface area contributed by atoms with Gasteiger partial charge in [0.1, 0.15) is 17.3 Å². The lowest BCUT2D eigenvalue weighted by Crippen LogP contribution is -2.37. The van der Waals surface area contributed by atoms with Crippen molar-refractivity contribution in [3.8, 4) is 11.5 Å². The number of aromatic hydroxyl groups is 1. The summed E-state index contributed by atoms with van der Waals surface area (Å²) in [5.41, 5.74) is 1.02. The van der Waals surface area contributed by atoms with Crippen molar-refractivity contribution in [3.05, 3.63) is 64.2 Å². The van der Waals surface area contributed by atoms with Crippen LogP contribution in [0.3, 0.4) is 0 Å². The molecule has 0 aromatic heterocycles. The van der Waals surface area contributed by atoms with Gasteiger partial charge in [0.15, 0.2) is 0 Å². The number of hydrogen-bond acceptors (Lipinski definition) is 5. The second-order valence-electron chi connectivity index (χ2n) is 7.81. The molecule has 1 saturated heterocycles. The van der Waals surface area contributed by atoms with E-state index in [0.29, 0.717) is 23.5 Å². The van der Waals surface area contributed by atoms with Gasteiger partial charge in [0.25, 0.3) is 11.7 Å². The van der Waals surface area contributed by atoms with Gasteiger partial charge in [-0.25, -0.2) is 0 Å². The zero-order valence-corrected chi connectivity index (χ0v) is 17.9. The fraction of sp³-hybridized carbons (Fsp3) is 0.333. The second kappa shape index (κ2) is 8.63. The van der Waals surface area contributed by atoms with E-state index >= 15 is 0 Å². The van der Waals surface area contributed by atoms with E-state index < -0.39 is 17.7 Å². The fourth-order valence-electron chi connectivity index (χ4n) is 4.46. The standard InChI is InChI=1S/C24H24ClNO5/c1-2-31-17-10-7-14(8-11-17)22(28)20-21(15-9-12-19(27)18(25)13-15)26(24(30)23(20)29)16-5-3-4-6-16/h7-13,16,21,27-28H,2-6H2,1H3/b22-20-. The number of carbonyl (C=O) groups is 2. The molecule has 2 fully saturated rings. The van der Waals surface area contributed by atoms with Gasteiger partial charge in [0.05, 0.1) is 23.2 Å². The number of halogens is 1. The Morgan fingerprint density at radius 3 is 2.42 bits per heavy atom. The molecule has 1 saturated carbocycles. The summed E-state index contributed by atoms with van der Waals surface area (Å²) >= 11 is 6.13. The van der Waals surface area contributed by atoms with Gasteiger partial charge >= 0.3 is 0 Å².